The fourth-order valence-corrected chi connectivity index (χ4v) is 7.43. The van der Waals surface area contributed by atoms with Gasteiger partial charge in [-0.25, -0.2) is 0 Å². The quantitative estimate of drug-likeness (QED) is 0.0762. The number of hydrogen-bond donors (Lipinski definition) is 0. The fraction of sp³-hybridized carbons (Fsp3) is 1.00. The van der Waals surface area contributed by atoms with Gasteiger partial charge in [-0.1, -0.05) is 131 Å². The lowest BCUT2D eigenvalue weighted by Crippen LogP contribution is -1.97. The van der Waals surface area contributed by atoms with E-state index in [2.05, 4.69) is 34.6 Å². The van der Waals surface area contributed by atoms with Crippen LogP contribution in [0.3, 0.4) is 0 Å². The molecule has 0 rings (SSSR count). The highest BCUT2D eigenvalue weighted by molar-refractivity contribution is 7.57. The van der Waals surface area contributed by atoms with Crippen molar-refractivity contribution < 1.29 is 1.43 Å². The van der Waals surface area contributed by atoms with E-state index in [1.807, 2.05) is 0 Å². The smallest absolute Gasteiger partial charge is 0.107 e. The molecule has 0 atom stereocenters. The Kier molecular flexibility index (Phi) is 43.1. The Bertz CT molecular complexity index is 240. The summed E-state index contributed by atoms with van der Waals surface area (Å²) in [6, 6.07) is 0. The van der Waals surface area contributed by atoms with Gasteiger partial charge >= 0.3 is 0 Å². The van der Waals surface area contributed by atoms with E-state index < -0.39 is 0 Å². The highest BCUT2D eigenvalue weighted by Crippen LogP contribution is 2.39. The van der Waals surface area contributed by atoms with Crippen LogP contribution in [-0.2, 0) is 0 Å². The molecule has 3 heteroatoms. The van der Waals surface area contributed by atoms with Crippen molar-refractivity contribution >= 4 is 40.5 Å². The summed E-state index contributed by atoms with van der Waals surface area (Å²) < 4.78 is 0. The molecule has 0 aromatic rings. The molecular formula is C28H67Al2P. The van der Waals surface area contributed by atoms with Gasteiger partial charge in [0.15, 0.2) is 17.4 Å². The van der Waals surface area contributed by atoms with E-state index in [4.69, 9.17) is 0 Å². The van der Waals surface area contributed by atoms with Crippen LogP contribution >= 0.6 is 7.92 Å². The molecule has 0 heterocycles. The first-order valence-electron chi connectivity index (χ1n) is 14.5. The van der Waals surface area contributed by atoms with Crippen LogP contribution in [0.4, 0.5) is 0 Å². The molecule has 0 fully saturated rings. The van der Waals surface area contributed by atoms with Crippen molar-refractivity contribution in [2.45, 2.75) is 161 Å². The second-order valence-corrected chi connectivity index (χ2v) is 14.9. The number of unbranched alkanes of at least 4 members (excludes halogenated alkanes) is 15. The van der Waals surface area contributed by atoms with Crippen LogP contribution in [-0.4, -0.2) is 51.1 Å². The maximum Gasteiger partial charge on any atom is 0.236 e. The Morgan fingerprint density at radius 2 is 0.677 bits per heavy atom. The SMILES string of the molecule is CCCCCCCCP(CCCCCCCC)CCCCCCCC.C[CH2][AlH][CH2]C.[AlH3].[HH]. The predicted octanol–water partition coefficient (Wildman–Crippen LogP) is 9.91. The first-order valence-corrected chi connectivity index (χ1v) is 18.4. The Morgan fingerprint density at radius 3 is 0.903 bits per heavy atom. The molecule has 31 heavy (non-hydrogen) atoms. The molecule has 0 spiro atoms. The van der Waals surface area contributed by atoms with Gasteiger partial charge in [-0.05, 0) is 37.7 Å². The molecule has 0 nitrogen and oxygen atoms in total. The lowest BCUT2D eigenvalue weighted by Gasteiger charge is -2.18. The standard InChI is InChI=1S/C24H51P.2C2H5.2Al.H2.4H/c1-4-7-10-13-16-19-22-25(23-20-17-14-11-8-5-2)24-21-18-15-12-9-6-3;2*1-2;;;;;;;/h4-24H2,1-3H3;2*1H2,2H3;;;1H;;;;. The summed E-state index contributed by atoms with van der Waals surface area (Å²) in [5.74, 6) is 0. The molecule has 0 unspecified atom stereocenters. The Balaban J connectivity index is -0.000000501. The second-order valence-electron chi connectivity index (χ2n) is 9.50. The monoisotopic (exact) mass is 488 g/mol. The third kappa shape index (κ3) is 36.2. The maximum absolute atomic E-state index is 2.32. The highest BCUT2D eigenvalue weighted by Gasteiger charge is 2.07. The van der Waals surface area contributed by atoms with E-state index in [1.54, 1.807) is 18.5 Å². The van der Waals surface area contributed by atoms with Crippen molar-refractivity contribution in [2.24, 2.45) is 0 Å². The Morgan fingerprint density at radius 1 is 0.419 bits per heavy atom. The van der Waals surface area contributed by atoms with E-state index in [9.17, 15) is 0 Å². The van der Waals surface area contributed by atoms with Crippen LogP contribution < -0.4 is 0 Å². The summed E-state index contributed by atoms with van der Waals surface area (Å²) in [4.78, 5) is 0. The lowest BCUT2D eigenvalue weighted by atomic mass is 10.1. The van der Waals surface area contributed by atoms with Crippen LogP contribution in [0.5, 0.6) is 0 Å². The number of hydrogen-bond acceptors (Lipinski definition) is 0. The molecule has 0 saturated heterocycles. The van der Waals surface area contributed by atoms with Crippen LogP contribution in [0.1, 0.15) is 152 Å². The van der Waals surface area contributed by atoms with Crippen molar-refractivity contribution in [3.63, 3.8) is 0 Å². The zero-order chi connectivity index (χ0) is 22.5. The molecule has 0 aromatic heterocycles. The van der Waals surface area contributed by atoms with E-state index >= 15 is 0 Å². The van der Waals surface area contributed by atoms with Crippen LogP contribution in [0.2, 0.25) is 10.6 Å². The van der Waals surface area contributed by atoms with Crippen molar-refractivity contribution in [1.29, 1.82) is 0 Å². The molecule has 0 saturated carbocycles. The summed E-state index contributed by atoms with van der Waals surface area (Å²) in [7, 11) is 0.366. The van der Waals surface area contributed by atoms with Crippen molar-refractivity contribution in [3.05, 3.63) is 0 Å². The van der Waals surface area contributed by atoms with E-state index in [1.165, 1.54) is 126 Å². The minimum atomic E-state index is 0. The van der Waals surface area contributed by atoms with Crippen LogP contribution in [0.15, 0.2) is 0 Å². The third-order valence-electron chi connectivity index (χ3n) is 6.19. The molecule has 0 amide bonds. The summed E-state index contributed by atoms with van der Waals surface area (Å²) in [5.41, 5.74) is 0. The van der Waals surface area contributed by atoms with Crippen molar-refractivity contribution in [3.8, 4) is 0 Å². The predicted molar refractivity (Wildman–Crippen MR) is 162 cm³/mol. The fourth-order valence-electron chi connectivity index (χ4n) is 4.04. The average molecular weight is 489 g/mol. The van der Waals surface area contributed by atoms with E-state index in [0.29, 0.717) is 23.1 Å². The second kappa shape index (κ2) is 36.1. The number of rotatable bonds is 23. The molecule has 0 aliphatic carbocycles. The zero-order valence-electron chi connectivity index (χ0n) is 22.4. The Hall–Kier alpha value is 1.49. The van der Waals surface area contributed by atoms with E-state index in [0.717, 1.165) is 0 Å². The maximum atomic E-state index is 2.32. The van der Waals surface area contributed by atoms with Gasteiger partial charge in [0.05, 0.1) is 0 Å². The zero-order valence-corrected chi connectivity index (χ0v) is 24.7. The minimum absolute atomic E-state index is 0. The van der Waals surface area contributed by atoms with Gasteiger partial charge in [0, 0.05) is 1.43 Å². The van der Waals surface area contributed by atoms with Crippen molar-refractivity contribution in [2.75, 3.05) is 18.5 Å². The normalized spacial score (nSPS) is 10.5. The van der Waals surface area contributed by atoms with Gasteiger partial charge in [-0.2, -0.15) is 0 Å². The summed E-state index contributed by atoms with van der Waals surface area (Å²) in [5, 5.41) is 2.97. The highest BCUT2D eigenvalue weighted by atomic mass is 31.1. The van der Waals surface area contributed by atoms with Crippen LogP contribution in [0.25, 0.3) is 0 Å². The summed E-state index contributed by atoms with van der Waals surface area (Å²) >= 11 is 0.432. The van der Waals surface area contributed by atoms with Gasteiger partial charge in [-0.3, -0.25) is 0 Å². The summed E-state index contributed by atoms with van der Waals surface area (Å²) in [6.07, 6.45) is 31.2. The third-order valence-corrected chi connectivity index (χ3v) is 10.5. The minimum Gasteiger partial charge on any atom is -0.107 e. The molecule has 0 aliphatic rings. The van der Waals surface area contributed by atoms with Gasteiger partial charge in [0.2, 0.25) is 15.2 Å². The first-order chi connectivity index (χ1) is 14.8. The lowest BCUT2D eigenvalue weighted by molar-refractivity contribution is 0.617. The van der Waals surface area contributed by atoms with Gasteiger partial charge in [0.1, 0.15) is 0 Å². The molecule has 0 aromatic carbocycles. The molecule has 190 valence electrons. The van der Waals surface area contributed by atoms with Gasteiger partial charge in [-0.15, -0.1) is 18.5 Å². The Labute approximate surface area is 220 Å². The van der Waals surface area contributed by atoms with Gasteiger partial charge < -0.3 is 0 Å². The summed E-state index contributed by atoms with van der Waals surface area (Å²) in [6.45, 7) is 11.5. The molecule has 0 bridgehead atoms. The molecule has 0 aliphatic heterocycles. The topological polar surface area (TPSA) is 0 Å². The van der Waals surface area contributed by atoms with E-state index in [-0.39, 0.29) is 18.8 Å². The average Bonchev–Trinajstić information content (AvgIpc) is 2.76. The van der Waals surface area contributed by atoms with Crippen molar-refractivity contribution in [1.82, 2.24) is 0 Å². The largest absolute Gasteiger partial charge is 0.236 e. The first kappa shape index (κ1) is 37.1. The molecule has 0 radical (unpaired) electrons. The van der Waals surface area contributed by atoms with Gasteiger partial charge in [0.25, 0.3) is 0 Å². The van der Waals surface area contributed by atoms with Crippen LogP contribution in [0, 0.1) is 0 Å². The molecular weight excluding hydrogens is 421 g/mol. The molecule has 0 N–H and O–H groups in total.